The van der Waals surface area contributed by atoms with Crippen LogP contribution in [0.5, 0.6) is 0 Å². The molecule has 0 unspecified atom stereocenters. The van der Waals surface area contributed by atoms with E-state index in [-0.39, 0.29) is 17.8 Å². The first kappa shape index (κ1) is 8.23. The second kappa shape index (κ2) is 2.32. The number of hydrogen-bond donors (Lipinski definition) is 2. The summed E-state index contributed by atoms with van der Waals surface area (Å²) in [5.74, 6) is -2.19. The van der Waals surface area contributed by atoms with Gasteiger partial charge in [0.2, 0.25) is 5.79 Å². The van der Waals surface area contributed by atoms with Gasteiger partial charge in [-0.25, -0.2) is 4.79 Å². The molecule has 0 aromatic carbocycles. The molecule has 1 heterocycles. The average molecular weight is 158 g/mol. The van der Waals surface area contributed by atoms with Gasteiger partial charge in [-0.05, 0) is 6.92 Å². The van der Waals surface area contributed by atoms with E-state index in [2.05, 4.69) is 4.74 Å². The number of ether oxygens (including phenoxy) is 1. The van der Waals surface area contributed by atoms with Gasteiger partial charge in [0.05, 0.1) is 6.61 Å². The molecule has 0 amide bonds. The lowest BCUT2D eigenvalue weighted by atomic mass is 10.1. The van der Waals surface area contributed by atoms with Gasteiger partial charge in [0.25, 0.3) is 0 Å². The zero-order valence-corrected chi connectivity index (χ0v) is 6.42. The molecule has 0 saturated heterocycles. The molecular formula is C7H10O4. The minimum absolute atomic E-state index is 0.238. The van der Waals surface area contributed by atoms with Crippen LogP contribution >= 0.6 is 0 Å². The van der Waals surface area contributed by atoms with E-state index in [9.17, 15) is 9.90 Å². The first-order valence-corrected chi connectivity index (χ1v) is 3.26. The Morgan fingerprint density at radius 2 is 2.18 bits per heavy atom. The molecule has 4 nitrogen and oxygen atoms in total. The Morgan fingerprint density at radius 3 is 2.36 bits per heavy atom. The predicted octanol–water partition coefficient (Wildman–Crippen LogP) is -0.440. The Balaban J connectivity index is 3.06. The molecule has 0 aromatic heterocycles. The Bertz CT molecular complexity index is 227. The highest BCUT2D eigenvalue weighted by molar-refractivity contribution is 5.92. The molecule has 0 spiro atoms. The number of hydrogen-bond acceptors (Lipinski definition) is 4. The summed E-state index contributed by atoms with van der Waals surface area (Å²) in [5, 5.41) is 18.1. The van der Waals surface area contributed by atoms with Gasteiger partial charge < -0.3 is 14.9 Å². The normalized spacial score (nSPS) is 31.1. The summed E-state index contributed by atoms with van der Waals surface area (Å²) in [6, 6.07) is 0. The largest absolute Gasteiger partial charge is 0.426 e. The predicted molar refractivity (Wildman–Crippen MR) is 36.5 cm³/mol. The van der Waals surface area contributed by atoms with E-state index in [1.165, 1.54) is 13.8 Å². The van der Waals surface area contributed by atoms with Crippen LogP contribution in [0, 0.1) is 0 Å². The van der Waals surface area contributed by atoms with Gasteiger partial charge in [-0.1, -0.05) is 0 Å². The monoisotopic (exact) mass is 158 g/mol. The van der Waals surface area contributed by atoms with Crippen molar-refractivity contribution in [3.8, 4) is 0 Å². The molecule has 0 aliphatic carbocycles. The number of aliphatic hydroxyl groups is 2. The molecule has 1 rings (SSSR count). The lowest BCUT2D eigenvalue weighted by molar-refractivity contribution is -0.176. The van der Waals surface area contributed by atoms with Gasteiger partial charge in [0.15, 0.2) is 0 Å². The lowest BCUT2D eigenvalue weighted by Gasteiger charge is -2.17. The molecule has 0 fully saturated rings. The second-order valence-electron chi connectivity index (χ2n) is 2.63. The molecule has 1 atom stereocenters. The van der Waals surface area contributed by atoms with Crippen molar-refractivity contribution in [1.29, 1.82) is 0 Å². The van der Waals surface area contributed by atoms with E-state index in [1.54, 1.807) is 0 Å². The first-order valence-electron chi connectivity index (χ1n) is 3.26. The summed E-state index contributed by atoms with van der Waals surface area (Å²) < 4.78 is 4.55. The van der Waals surface area contributed by atoms with Crippen molar-refractivity contribution in [2.75, 3.05) is 6.61 Å². The average Bonchev–Trinajstić information content (AvgIpc) is 2.03. The summed E-state index contributed by atoms with van der Waals surface area (Å²) >= 11 is 0. The van der Waals surface area contributed by atoms with Gasteiger partial charge in [0, 0.05) is 18.1 Å². The summed E-state index contributed by atoms with van der Waals surface area (Å²) in [6.45, 7) is 2.48. The molecule has 4 heteroatoms. The maximum absolute atomic E-state index is 10.8. The zero-order chi connectivity index (χ0) is 8.65. The highest BCUT2D eigenvalue weighted by atomic mass is 16.7. The molecule has 0 radical (unpaired) electrons. The van der Waals surface area contributed by atoms with E-state index >= 15 is 0 Å². The minimum Gasteiger partial charge on any atom is -0.426 e. The maximum Gasteiger partial charge on any atom is 0.336 e. The van der Waals surface area contributed by atoms with Crippen LogP contribution in [0.4, 0.5) is 0 Å². The number of carbonyl (C=O) groups excluding carboxylic acids is 1. The van der Waals surface area contributed by atoms with Crippen molar-refractivity contribution in [3.63, 3.8) is 0 Å². The fourth-order valence-electron chi connectivity index (χ4n) is 1.06. The number of carbonyl (C=O) groups is 1. The van der Waals surface area contributed by atoms with Crippen molar-refractivity contribution in [2.24, 2.45) is 0 Å². The van der Waals surface area contributed by atoms with Gasteiger partial charge >= 0.3 is 5.97 Å². The molecule has 11 heavy (non-hydrogen) atoms. The fraction of sp³-hybridized carbons (Fsp3) is 0.571. The van der Waals surface area contributed by atoms with Crippen LogP contribution in [0.1, 0.15) is 13.8 Å². The standard InChI is InChI=1S/C7H10O4/c1-4-5(3-8)7(2,10)11-6(4)9/h8,10H,3H2,1-2H3/t7-/m1/s1. The van der Waals surface area contributed by atoms with Crippen molar-refractivity contribution in [3.05, 3.63) is 11.1 Å². The Kier molecular flexibility index (Phi) is 1.74. The number of cyclic esters (lactones) is 1. The fourth-order valence-corrected chi connectivity index (χ4v) is 1.06. The highest BCUT2D eigenvalue weighted by Gasteiger charge is 2.39. The van der Waals surface area contributed by atoms with Crippen molar-refractivity contribution in [1.82, 2.24) is 0 Å². The summed E-state index contributed by atoms with van der Waals surface area (Å²) in [4.78, 5) is 10.8. The summed E-state index contributed by atoms with van der Waals surface area (Å²) in [7, 11) is 0. The molecule has 0 bridgehead atoms. The van der Waals surface area contributed by atoms with Gasteiger partial charge in [-0.2, -0.15) is 0 Å². The van der Waals surface area contributed by atoms with E-state index < -0.39 is 11.8 Å². The SMILES string of the molecule is CC1=C(CO)[C@](C)(O)OC1=O. The molecule has 1 aliphatic heterocycles. The van der Waals surface area contributed by atoms with E-state index in [0.717, 1.165) is 0 Å². The van der Waals surface area contributed by atoms with Crippen molar-refractivity contribution in [2.45, 2.75) is 19.6 Å². The van der Waals surface area contributed by atoms with Crippen LogP contribution in [-0.4, -0.2) is 28.6 Å². The molecule has 62 valence electrons. The minimum atomic E-state index is -1.62. The van der Waals surface area contributed by atoms with E-state index in [0.29, 0.717) is 0 Å². The van der Waals surface area contributed by atoms with Crippen LogP contribution in [0.25, 0.3) is 0 Å². The number of aliphatic hydroxyl groups excluding tert-OH is 1. The van der Waals surface area contributed by atoms with Crippen molar-refractivity contribution < 1.29 is 19.7 Å². The van der Waals surface area contributed by atoms with Crippen LogP contribution in [0.3, 0.4) is 0 Å². The molecule has 2 N–H and O–H groups in total. The Labute approximate surface area is 64.1 Å². The van der Waals surface area contributed by atoms with Gasteiger partial charge in [0.1, 0.15) is 0 Å². The van der Waals surface area contributed by atoms with Crippen molar-refractivity contribution >= 4 is 5.97 Å². The van der Waals surface area contributed by atoms with Crippen LogP contribution in [-0.2, 0) is 9.53 Å². The highest BCUT2D eigenvalue weighted by Crippen LogP contribution is 2.29. The molecule has 1 aliphatic rings. The first-order chi connectivity index (χ1) is 4.99. The van der Waals surface area contributed by atoms with Crippen LogP contribution in [0.2, 0.25) is 0 Å². The van der Waals surface area contributed by atoms with Gasteiger partial charge in [-0.3, -0.25) is 0 Å². The maximum atomic E-state index is 10.8. The quantitative estimate of drug-likeness (QED) is 0.508. The van der Waals surface area contributed by atoms with Gasteiger partial charge in [-0.15, -0.1) is 0 Å². The molecular weight excluding hydrogens is 148 g/mol. The third-order valence-corrected chi connectivity index (χ3v) is 1.77. The van der Waals surface area contributed by atoms with E-state index in [1.807, 2.05) is 0 Å². The zero-order valence-electron chi connectivity index (χ0n) is 6.42. The molecule has 0 saturated carbocycles. The third kappa shape index (κ3) is 1.15. The lowest BCUT2D eigenvalue weighted by Crippen LogP contribution is -2.28. The number of rotatable bonds is 1. The second-order valence-corrected chi connectivity index (χ2v) is 2.63. The van der Waals surface area contributed by atoms with Crippen LogP contribution < -0.4 is 0 Å². The Hall–Kier alpha value is -0.870. The Morgan fingerprint density at radius 1 is 1.64 bits per heavy atom. The topological polar surface area (TPSA) is 66.8 Å². The number of esters is 1. The summed E-state index contributed by atoms with van der Waals surface area (Å²) in [5.41, 5.74) is 0.528. The third-order valence-electron chi connectivity index (χ3n) is 1.77. The van der Waals surface area contributed by atoms with Crippen LogP contribution in [0.15, 0.2) is 11.1 Å². The van der Waals surface area contributed by atoms with E-state index in [4.69, 9.17) is 5.11 Å². The summed E-state index contributed by atoms with van der Waals surface area (Å²) in [6.07, 6.45) is 0. The smallest absolute Gasteiger partial charge is 0.336 e. The molecule has 0 aromatic rings.